The van der Waals surface area contributed by atoms with E-state index in [-0.39, 0.29) is 29.7 Å². The molecule has 0 atom stereocenters. The van der Waals surface area contributed by atoms with Gasteiger partial charge in [-0.25, -0.2) is 13.2 Å². The van der Waals surface area contributed by atoms with Crippen LogP contribution in [-0.2, 0) is 6.61 Å². The highest BCUT2D eigenvalue weighted by Gasteiger charge is 2.25. The number of rotatable bonds is 7. The number of benzene rings is 3. The van der Waals surface area contributed by atoms with Gasteiger partial charge in [0.2, 0.25) is 0 Å². The van der Waals surface area contributed by atoms with E-state index in [0.29, 0.717) is 23.7 Å². The first-order valence-electron chi connectivity index (χ1n) is 11.8. The van der Waals surface area contributed by atoms with E-state index in [1.54, 1.807) is 42.5 Å². The molecule has 0 bridgehead atoms. The Morgan fingerprint density at radius 3 is 2.29 bits per heavy atom. The molecule has 0 saturated heterocycles. The Hall–Kier alpha value is -3.05. The first-order chi connectivity index (χ1) is 16.5. The molecular weight excluding hydrogens is 437 g/mol. The van der Waals surface area contributed by atoms with Gasteiger partial charge < -0.3 is 9.84 Å². The Morgan fingerprint density at radius 2 is 1.65 bits per heavy atom. The maximum Gasteiger partial charge on any atom is 0.166 e. The van der Waals surface area contributed by atoms with E-state index in [1.807, 2.05) is 19.1 Å². The van der Waals surface area contributed by atoms with E-state index in [9.17, 15) is 13.2 Å². The van der Waals surface area contributed by atoms with E-state index in [2.05, 4.69) is 6.08 Å². The quantitative estimate of drug-likeness (QED) is 0.388. The molecule has 0 heterocycles. The van der Waals surface area contributed by atoms with E-state index < -0.39 is 11.6 Å². The minimum atomic E-state index is -0.825. The second-order valence-corrected chi connectivity index (χ2v) is 8.78. The molecule has 0 unspecified atom stereocenters. The van der Waals surface area contributed by atoms with Crippen molar-refractivity contribution in [2.45, 2.75) is 45.1 Å². The molecule has 0 spiro atoms. The second-order valence-electron chi connectivity index (χ2n) is 8.78. The van der Waals surface area contributed by atoms with Crippen LogP contribution in [0.2, 0.25) is 0 Å². The highest BCUT2D eigenvalue weighted by atomic mass is 19.2. The van der Waals surface area contributed by atoms with E-state index in [0.717, 1.165) is 36.8 Å². The van der Waals surface area contributed by atoms with Crippen LogP contribution < -0.4 is 4.74 Å². The number of aliphatic hydroxyl groups is 1. The highest BCUT2D eigenvalue weighted by Crippen LogP contribution is 2.39. The van der Waals surface area contributed by atoms with Gasteiger partial charge >= 0.3 is 0 Å². The third kappa shape index (κ3) is 5.36. The fourth-order valence-electron chi connectivity index (χ4n) is 4.66. The first kappa shape index (κ1) is 24.1. The van der Waals surface area contributed by atoms with E-state index >= 15 is 0 Å². The van der Waals surface area contributed by atoms with Gasteiger partial charge in [0, 0.05) is 5.56 Å². The maximum absolute atomic E-state index is 15.0. The SMILES string of the molecule is CCOc1ccc(C=CC2CCC(c3ccc(-c4ccc(CO)cc4)c(F)c3F)CC2)cc1F. The average molecular weight is 467 g/mol. The number of halogens is 3. The van der Waals surface area contributed by atoms with Crippen molar-refractivity contribution >= 4 is 6.08 Å². The van der Waals surface area contributed by atoms with Gasteiger partial charge in [-0.3, -0.25) is 0 Å². The molecule has 0 amide bonds. The van der Waals surface area contributed by atoms with Crippen molar-refractivity contribution < 1.29 is 23.0 Å². The van der Waals surface area contributed by atoms with Crippen LogP contribution in [0.25, 0.3) is 17.2 Å². The zero-order valence-corrected chi connectivity index (χ0v) is 19.2. The average Bonchev–Trinajstić information content (AvgIpc) is 2.86. The molecule has 34 heavy (non-hydrogen) atoms. The van der Waals surface area contributed by atoms with Crippen LogP contribution in [0, 0.1) is 23.4 Å². The van der Waals surface area contributed by atoms with Crippen LogP contribution in [-0.4, -0.2) is 11.7 Å². The lowest BCUT2D eigenvalue weighted by Crippen LogP contribution is -2.13. The van der Waals surface area contributed by atoms with Crippen LogP contribution >= 0.6 is 0 Å². The molecule has 5 heteroatoms. The molecule has 1 fully saturated rings. The van der Waals surface area contributed by atoms with Crippen LogP contribution in [0.5, 0.6) is 5.75 Å². The number of hydrogen-bond donors (Lipinski definition) is 1. The summed E-state index contributed by atoms with van der Waals surface area (Å²) in [6.07, 6.45) is 7.28. The minimum Gasteiger partial charge on any atom is -0.491 e. The molecule has 1 aliphatic rings. The Kier molecular flexibility index (Phi) is 7.73. The summed E-state index contributed by atoms with van der Waals surface area (Å²) < 4.78 is 49.2. The van der Waals surface area contributed by atoms with Crippen LogP contribution in [0.4, 0.5) is 13.2 Å². The summed E-state index contributed by atoms with van der Waals surface area (Å²) in [5.74, 6) is -1.42. The third-order valence-corrected chi connectivity index (χ3v) is 6.59. The normalized spacial score (nSPS) is 18.4. The van der Waals surface area contributed by atoms with Crippen LogP contribution in [0.1, 0.15) is 55.2 Å². The lowest BCUT2D eigenvalue weighted by Gasteiger charge is -2.27. The summed E-state index contributed by atoms with van der Waals surface area (Å²) in [4.78, 5) is 0. The zero-order valence-electron chi connectivity index (χ0n) is 19.2. The van der Waals surface area contributed by atoms with E-state index in [1.165, 1.54) is 6.07 Å². The summed E-state index contributed by atoms with van der Waals surface area (Å²) in [6, 6.07) is 15.1. The molecular formula is C29H29F3O2. The fourth-order valence-corrected chi connectivity index (χ4v) is 4.66. The van der Waals surface area contributed by atoms with Crippen molar-refractivity contribution in [1.29, 1.82) is 0 Å². The van der Waals surface area contributed by atoms with Gasteiger partial charge in [0.25, 0.3) is 0 Å². The molecule has 1 aliphatic carbocycles. The van der Waals surface area contributed by atoms with Crippen molar-refractivity contribution in [3.63, 3.8) is 0 Å². The minimum absolute atomic E-state index is 0.0205. The van der Waals surface area contributed by atoms with Crippen molar-refractivity contribution in [3.05, 3.63) is 94.8 Å². The molecule has 3 aromatic rings. The molecule has 3 aromatic carbocycles. The highest BCUT2D eigenvalue weighted by molar-refractivity contribution is 5.65. The van der Waals surface area contributed by atoms with Gasteiger partial charge in [-0.2, -0.15) is 0 Å². The van der Waals surface area contributed by atoms with Gasteiger partial charge in [0.15, 0.2) is 23.2 Å². The second kappa shape index (κ2) is 10.9. The fraction of sp³-hybridized carbons (Fsp3) is 0.310. The van der Waals surface area contributed by atoms with Crippen LogP contribution in [0.15, 0.2) is 60.7 Å². The Labute approximate surface area is 198 Å². The lowest BCUT2D eigenvalue weighted by atomic mass is 9.78. The molecule has 2 nitrogen and oxygen atoms in total. The largest absolute Gasteiger partial charge is 0.491 e. The monoisotopic (exact) mass is 466 g/mol. The van der Waals surface area contributed by atoms with Gasteiger partial charge in [0.05, 0.1) is 13.2 Å². The van der Waals surface area contributed by atoms with Crippen LogP contribution in [0.3, 0.4) is 0 Å². The van der Waals surface area contributed by atoms with E-state index in [4.69, 9.17) is 9.84 Å². The van der Waals surface area contributed by atoms with Crippen molar-refractivity contribution in [1.82, 2.24) is 0 Å². The van der Waals surface area contributed by atoms with Crippen molar-refractivity contribution in [2.24, 2.45) is 5.92 Å². The standard InChI is InChI=1S/C29H29F3O2/c1-2-34-27-16-9-20(17-26(27)30)4-3-19-5-10-22(11-6-19)24-14-15-25(29(32)28(24)31)23-12-7-21(18-33)8-13-23/h3-4,7-9,12-17,19,22,33H,2,5-6,10-11,18H2,1H3. The molecule has 0 aromatic heterocycles. The molecule has 0 radical (unpaired) electrons. The zero-order chi connectivity index (χ0) is 24.1. The predicted molar refractivity (Wildman–Crippen MR) is 129 cm³/mol. The van der Waals surface area contributed by atoms with Gasteiger partial charge in [-0.15, -0.1) is 0 Å². The summed E-state index contributed by atoms with van der Waals surface area (Å²) >= 11 is 0. The first-order valence-corrected chi connectivity index (χ1v) is 11.8. The maximum atomic E-state index is 15.0. The smallest absolute Gasteiger partial charge is 0.166 e. The van der Waals surface area contributed by atoms with Crippen molar-refractivity contribution in [2.75, 3.05) is 6.61 Å². The third-order valence-electron chi connectivity index (χ3n) is 6.59. The topological polar surface area (TPSA) is 29.5 Å². The molecule has 1 saturated carbocycles. The lowest BCUT2D eigenvalue weighted by molar-refractivity contribution is 0.282. The number of allylic oxidation sites excluding steroid dienone is 1. The number of ether oxygens (including phenoxy) is 1. The summed E-state index contributed by atoms with van der Waals surface area (Å²) in [5.41, 5.74) is 2.74. The number of hydrogen-bond acceptors (Lipinski definition) is 2. The summed E-state index contributed by atoms with van der Waals surface area (Å²) in [6.45, 7) is 2.14. The molecule has 0 aliphatic heterocycles. The van der Waals surface area contributed by atoms with Gasteiger partial charge in [0.1, 0.15) is 0 Å². The summed E-state index contributed by atoms with van der Waals surface area (Å²) in [7, 11) is 0. The number of aliphatic hydroxyl groups excluding tert-OH is 1. The predicted octanol–water partition coefficient (Wildman–Crippen LogP) is 7.65. The Morgan fingerprint density at radius 1 is 0.912 bits per heavy atom. The summed E-state index contributed by atoms with van der Waals surface area (Å²) in [5, 5.41) is 9.17. The van der Waals surface area contributed by atoms with Gasteiger partial charge in [-0.1, -0.05) is 54.6 Å². The molecule has 4 rings (SSSR count). The molecule has 1 N–H and O–H groups in total. The van der Waals surface area contributed by atoms with Gasteiger partial charge in [-0.05, 0) is 78.8 Å². The Bertz CT molecular complexity index is 1150. The van der Waals surface area contributed by atoms with Crippen molar-refractivity contribution in [3.8, 4) is 16.9 Å². The Balaban J connectivity index is 1.40. The molecule has 178 valence electrons.